The third-order valence-electron chi connectivity index (χ3n) is 3.65. The zero-order valence-electron chi connectivity index (χ0n) is 14.7. The lowest BCUT2D eigenvalue weighted by Gasteiger charge is -2.31. The van der Waals surface area contributed by atoms with Gasteiger partial charge in [-0.1, -0.05) is 50.3 Å². The SMILES string of the molecule is CC.[B]C1(C)C=Cc2c(C(=O)OC)c(OC)c3ccccc3c2O1. The fraction of sp³-hybridized carbons (Fsp3) is 0.316. The molecular weight excluding hydrogens is 303 g/mol. The quantitative estimate of drug-likeness (QED) is 0.620. The molecule has 2 aromatic rings. The fourth-order valence-corrected chi connectivity index (χ4v) is 2.68. The van der Waals surface area contributed by atoms with Crippen molar-refractivity contribution in [3.8, 4) is 11.5 Å². The first-order valence-electron chi connectivity index (χ1n) is 7.86. The Hall–Kier alpha value is -2.43. The van der Waals surface area contributed by atoms with Gasteiger partial charge < -0.3 is 14.2 Å². The third kappa shape index (κ3) is 2.98. The van der Waals surface area contributed by atoms with Crippen LogP contribution >= 0.6 is 0 Å². The maximum Gasteiger partial charge on any atom is 0.342 e. The topological polar surface area (TPSA) is 44.8 Å². The van der Waals surface area contributed by atoms with Crippen molar-refractivity contribution < 1.29 is 19.0 Å². The molecular formula is C19H21BO4. The van der Waals surface area contributed by atoms with Crippen LogP contribution in [0.2, 0.25) is 0 Å². The van der Waals surface area contributed by atoms with Gasteiger partial charge in [-0.25, -0.2) is 4.79 Å². The minimum Gasteiger partial charge on any atom is -0.495 e. The van der Waals surface area contributed by atoms with Gasteiger partial charge >= 0.3 is 5.97 Å². The van der Waals surface area contributed by atoms with E-state index in [-0.39, 0.29) is 0 Å². The second-order valence-electron chi connectivity index (χ2n) is 5.31. The lowest BCUT2D eigenvalue weighted by molar-refractivity contribution is 0.0596. The number of fused-ring (bicyclic) bond motifs is 3. The van der Waals surface area contributed by atoms with Crippen molar-refractivity contribution in [3.63, 3.8) is 0 Å². The molecule has 4 nitrogen and oxygen atoms in total. The summed E-state index contributed by atoms with van der Waals surface area (Å²) in [6, 6.07) is 7.55. The summed E-state index contributed by atoms with van der Waals surface area (Å²) in [6.07, 6.45) is 3.48. The van der Waals surface area contributed by atoms with Gasteiger partial charge in [0.05, 0.1) is 19.7 Å². The number of carbonyl (C=O) groups is 1. The Labute approximate surface area is 143 Å². The van der Waals surface area contributed by atoms with Crippen LogP contribution in [0.3, 0.4) is 0 Å². The molecule has 0 spiro atoms. The number of hydrogen-bond acceptors (Lipinski definition) is 4. The third-order valence-corrected chi connectivity index (χ3v) is 3.65. The van der Waals surface area contributed by atoms with Crippen LogP contribution in [-0.4, -0.2) is 33.5 Å². The Morgan fingerprint density at radius 2 is 1.79 bits per heavy atom. The molecule has 124 valence electrons. The lowest BCUT2D eigenvalue weighted by Crippen LogP contribution is -2.32. The van der Waals surface area contributed by atoms with Crippen LogP contribution in [0.1, 0.15) is 36.7 Å². The van der Waals surface area contributed by atoms with Gasteiger partial charge in [-0.3, -0.25) is 0 Å². The number of rotatable bonds is 2. The normalized spacial score (nSPS) is 18.0. The van der Waals surface area contributed by atoms with Gasteiger partial charge in [0.15, 0.2) is 0 Å². The molecule has 24 heavy (non-hydrogen) atoms. The summed E-state index contributed by atoms with van der Waals surface area (Å²) >= 11 is 0. The van der Waals surface area contributed by atoms with Crippen molar-refractivity contribution in [1.82, 2.24) is 0 Å². The van der Waals surface area contributed by atoms with Crippen LogP contribution in [0.4, 0.5) is 0 Å². The number of esters is 1. The van der Waals surface area contributed by atoms with Crippen molar-refractivity contribution in [2.24, 2.45) is 0 Å². The van der Waals surface area contributed by atoms with E-state index in [0.29, 0.717) is 22.6 Å². The Kier molecular flexibility index (Phi) is 5.22. The van der Waals surface area contributed by atoms with Gasteiger partial charge in [-0.05, 0) is 6.92 Å². The standard InChI is InChI=1S/C17H15BO4.C2H6/c1-17(18)9-8-12-13(16(19)21-3)15(20-2)11-7-5-4-6-10(11)14(12)22-17;1-2/h4-9H,1-3H3;1-2H3. The summed E-state index contributed by atoms with van der Waals surface area (Å²) in [6.45, 7) is 5.75. The van der Waals surface area contributed by atoms with Crippen LogP contribution in [0, 0.1) is 0 Å². The highest BCUT2D eigenvalue weighted by molar-refractivity contribution is 6.17. The average Bonchev–Trinajstić information content (AvgIpc) is 2.61. The van der Waals surface area contributed by atoms with E-state index in [4.69, 9.17) is 22.1 Å². The highest BCUT2D eigenvalue weighted by atomic mass is 16.5. The minimum absolute atomic E-state index is 0.338. The fourth-order valence-electron chi connectivity index (χ4n) is 2.68. The lowest BCUT2D eigenvalue weighted by atomic mass is 9.80. The smallest absolute Gasteiger partial charge is 0.342 e. The second-order valence-corrected chi connectivity index (χ2v) is 5.31. The first kappa shape index (κ1) is 17.9. The predicted octanol–water partition coefficient (Wildman–Crippen LogP) is 3.95. The molecule has 0 saturated heterocycles. The molecule has 1 aliphatic rings. The van der Waals surface area contributed by atoms with Crippen LogP contribution in [0.5, 0.6) is 11.5 Å². The van der Waals surface area contributed by atoms with E-state index in [1.165, 1.54) is 14.2 Å². The molecule has 5 heteroatoms. The number of benzene rings is 2. The molecule has 0 saturated carbocycles. The summed E-state index contributed by atoms with van der Waals surface area (Å²) in [5.41, 5.74) is 0.0216. The monoisotopic (exact) mass is 324 g/mol. The molecule has 1 heterocycles. The molecule has 0 amide bonds. The maximum atomic E-state index is 12.2. The van der Waals surface area contributed by atoms with E-state index in [9.17, 15) is 4.79 Å². The first-order chi connectivity index (χ1) is 11.5. The molecule has 1 unspecified atom stereocenters. The van der Waals surface area contributed by atoms with Crippen molar-refractivity contribution in [2.75, 3.05) is 14.2 Å². The molecule has 0 bridgehead atoms. The summed E-state index contributed by atoms with van der Waals surface area (Å²) in [5, 5.41) is 1.61. The van der Waals surface area contributed by atoms with Crippen LogP contribution in [-0.2, 0) is 4.74 Å². The first-order valence-corrected chi connectivity index (χ1v) is 7.86. The van der Waals surface area contributed by atoms with E-state index in [1.807, 2.05) is 38.1 Å². The van der Waals surface area contributed by atoms with E-state index < -0.39 is 11.5 Å². The second kappa shape index (κ2) is 6.99. The molecule has 3 rings (SSSR count). The molecule has 2 radical (unpaired) electrons. The summed E-state index contributed by atoms with van der Waals surface area (Å²) < 4.78 is 16.3. The molecule has 0 fully saturated rings. The summed E-state index contributed by atoms with van der Waals surface area (Å²) in [5.74, 6) is 0.548. The van der Waals surface area contributed by atoms with Gasteiger partial charge in [0.1, 0.15) is 24.9 Å². The number of carbonyl (C=O) groups excluding carboxylic acids is 1. The highest BCUT2D eigenvalue weighted by Gasteiger charge is 2.30. The zero-order valence-corrected chi connectivity index (χ0v) is 14.7. The minimum atomic E-state index is -0.933. The maximum absolute atomic E-state index is 12.2. The Morgan fingerprint density at radius 1 is 1.17 bits per heavy atom. The van der Waals surface area contributed by atoms with Crippen molar-refractivity contribution >= 4 is 30.7 Å². The van der Waals surface area contributed by atoms with E-state index in [2.05, 4.69) is 0 Å². The Morgan fingerprint density at radius 3 is 2.38 bits per heavy atom. The van der Waals surface area contributed by atoms with Gasteiger partial charge in [0, 0.05) is 16.3 Å². The zero-order chi connectivity index (χ0) is 17.9. The molecule has 2 aromatic carbocycles. The largest absolute Gasteiger partial charge is 0.495 e. The van der Waals surface area contributed by atoms with Crippen LogP contribution in [0.15, 0.2) is 30.3 Å². The van der Waals surface area contributed by atoms with Crippen molar-refractivity contribution in [1.29, 1.82) is 0 Å². The number of ether oxygens (including phenoxy) is 3. The predicted molar refractivity (Wildman–Crippen MR) is 97.0 cm³/mol. The molecule has 1 atom stereocenters. The van der Waals surface area contributed by atoms with E-state index >= 15 is 0 Å². The van der Waals surface area contributed by atoms with Gasteiger partial charge in [0.2, 0.25) is 0 Å². The molecule has 0 aliphatic carbocycles. The van der Waals surface area contributed by atoms with E-state index in [0.717, 1.165) is 10.8 Å². The number of hydrogen-bond donors (Lipinski definition) is 0. The Balaban J connectivity index is 0.00000100. The van der Waals surface area contributed by atoms with Crippen LogP contribution < -0.4 is 9.47 Å². The highest BCUT2D eigenvalue weighted by Crippen LogP contribution is 2.44. The van der Waals surface area contributed by atoms with Gasteiger partial charge in [-0.15, -0.1) is 0 Å². The number of methoxy groups -OCH3 is 2. The summed E-state index contributed by atoms with van der Waals surface area (Å²) in [4.78, 5) is 12.2. The molecule has 0 N–H and O–H groups in total. The molecule has 1 aliphatic heterocycles. The average molecular weight is 324 g/mol. The van der Waals surface area contributed by atoms with Crippen molar-refractivity contribution in [3.05, 3.63) is 41.5 Å². The van der Waals surface area contributed by atoms with Crippen molar-refractivity contribution in [2.45, 2.75) is 26.3 Å². The van der Waals surface area contributed by atoms with Crippen LogP contribution in [0.25, 0.3) is 16.8 Å². The van der Waals surface area contributed by atoms with Gasteiger partial charge in [-0.2, -0.15) is 0 Å². The summed E-state index contributed by atoms with van der Waals surface area (Å²) in [7, 11) is 8.92. The molecule has 0 aromatic heterocycles. The Bertz CT molecular complexity index is 794. The van der Waals surface area contributed by atoms with Gasteiger partial charge in [0.25, 0.3) is 0 Å². The van der Waals surface area contributed by atoms with E-state index in [1.54, 1.807) is 19.1 Å².